The largest absolute Gasteiger partial charge is 0.0767 e. The fourth-order valence-corrected chi connectivity index (χ4v) is 3.10. The molecule has 0 amide bonds. The van der Waals surface area contributed by atoms with Crippen LogP contribution < -0.4 is 10.4 Å². The van der Waals surface area contributed by atoms with Crippen molar-refractivity contribution < 1.29 is 0 Å². The Balaban J connectivity index is 2.34. The van der Waals surface area contributed by atoms with Gasteiger partial charge in [-0.3, -0.25) is 0 Å². The topological polar surface area (TPSA) is 0 Å². The predicted molar refractivity (Wildman–Crippen MR) is 67.8 cm³/mol. The third kappa shape index (κ3) is 1.42. The van der Waals surface area contributed by atoms with Crippen molar-refractivity contribution in [1.82, 2.24) is 0 Å². The second kappa shape index (κ2) is 3.49. The molecule has 0 radical (unpaired) electrons. The normalized spacial score (nSPS) is 26.9. The van der Waals surface area contributed by atoms with Crippen LogP contribution >= 0.6 is 15.9 Å². The molecule has 2 aliphatic rings. The fraction of sp³-hybridized carbons (Fsp3) is 0.143. The number of halogens is 1. The van der Waals surface area contributed by atoms with E-state index in [2.05, 4.69) is 70.6 Å². The van der Waals surface area contributed by atoms with Gasteiger partial charge in [-0.25, -0.2) is 0 Å². The highest BCUT2D eigenvalue weighted by Gasteiger charge is 2.22. The van der Waals surface area contributed by atoms with E-state index in [0.29, 0.717) is 11.8 Å². The minimum Gasteiger partial charge on any atom is -0.0767 e. The zero-order valence-electron chi connectivity index (χ0n) is 8.23. The van der Waals surface area contributed by atoms with Crippen molar-refractivity contribution in [3.63, 3.8) is 0 Å². The first kappa shape index (κ1) is 9.17. The van der Waals surface area contributed by atoms with Gasteiger partial charge < -0.3 is 0 Å². The molecular formula is C14H11Br. The van der Waals surface area contributed by atoms with Gasteiger partial charge in [0, 0.05) is 16.3 Å². The van der Waals surface area contributed by atoms with Gasteiger partial charge in [-0.2, -0.15) is 0 Å². The Kier molecular flexibility index (Phi) is 2.14. The summed E-state index contributed by atoms with van der Waals surface area (Å²) in [6.45, 7) is 0. The molecule has 0 saturated heterocycles. The van der Waals surface area contributed by atoms with Crippen LogP contribution in [-0.2, 0) is 0 Å². The Morgan fingerprint density at radius 2 is 1.80 bits per heavy atom. The minimum absolute atomic E-state index is 0.491. The minimum atomic E-state index is 0.491. The van der Waals surface area contributed by atoms with E-state index in [1.165, 1.54) is 14.9 Å². The summed E-state index contributed by atoms with van der Waals surface area (Å²) in [6, 6.07) is 8.55. The second-order valence-electron chi connectivity index (χ2n) is 3.97. The monoisotopic (exact) mass is 258 g/mol. The Morgan fingerprint density at radius 3 is 2.73 bits per heavy atom. The van der Waals surface area contributed by atoms with Crippen LogP contribution in [0.4, 0.5) is 0 Å². The van der Waals surface area contributed by atoms with E-state index in [1.54, 1.807) is 0 Å². The van der Waals surface area contributed by atoms with Gasteiger partial charge in [-0.15, -0.1) is 0 Å². The first-order chi connectivity index (χ1) is 7.36. The first-order valence-electron chi connectivity index (χ1n) is 5.18. The van der Waals surface area contributed by atoms with Gasteiger partial charge in [-0.05, 0) is 10.4 Å². The van der Waals surface area contributed by atoms with E-state index in [0.717, 1.165) is 0 Å². The van der Waals surface area contributed by atoms with Crippen molar-refractivity contribution in [3.8, 4) is 0 Å². The summed E-state index contributed by atoms with van der Waals surface area (Å²) in [7, 11) is 0. The van der Waals surface area contributed by atoms with Crippen molar-refractivity contribution in [3.05, 3.63) is 59.0 Å². The molecule has 2 unspecified atom stereocenters. The number of rotatable bonds is 0. The Hall–Kier alpha value is -1.08. The molecule has 0 N–H and O–H groups in total. The highest BCUT2D eigenvalue weighted by atomic mass is 79.9. The van der Waals surface area contributed by atoms with E-state index in [-0.39, 0.29) is 0 Å². The molecule has 0 aliphatic heterocycles. The van der Waals surface area contributed by atoms with E-state index < -0.39 is 0 Å². The zero-order valence-corrected chi connectivity index (χ0v) is 9.81. The van der Waals surface area contributed by atoms with Crippen molar-refractivity contribution in [2.75, 3.05) is 0 Å². The summed E-state index contributed by atoms with van der Waals surface area (Å²) in [5.74, 6) is 1.00. The third-order valence-electron chi connectivity index (χ3n) is 3.06. The number of fused-ring (bicyclic) bond motifs is 2. The quantitative estimate of drug-likeness (QED) is 0.671. The van der Waals surface area contributed by atoms with Crippen LogP contribution in [0, 0.1) is 11.8 Å². The third-order valence-corrected chi connectivity index (χ3v) is 4.02. The van der Waals surface area contributed by atoms with E-state index in [1.807, 2.05) is 0 Å². The molecule has 0 saturated carbocycles. The molecule has 3 rings (SSSR count). The maximum absolute atomic E-state index is 3.74. The van der Waals surface area contributed by atoms with Gasteiger partial charge in [0.2, 0.25) is 0 Å². The highest BCUT2D eigenvalue weighted by Crippen LogP contribution is 2.32. The lowest BCUT2D eigenvalue weighted by Gasteiger charge is -2.24. The lowest BCUT2D eigenvalue weighted by Crippen LogP contribution is -2.34. The highest BCUT2D eigenvalue weighted by molar-refractivity contribution is 9.14. The number of benzene rings is 1. The van der Waals surface area contributed by atoms with E-state index >= 15 is 0 Å². The number of allylic oxidation sites excluding steroid dienone is 4. The molecule has 0 heterocycles. The van der Waals surface area contributed by atoms with Crippen molar-refractivity contribution in [2.45, 2.75) is 0 Å². The van der Waals surface area contributed by atoms with Gasteiger partial charge in [-0.1, -0.05) is 70.6 Å². The molecule has 1 aromatic rings. The molecule has 2 atom stereocenters. The SMILES string of the molecule is BrC1=c2ccccc2=CC2C=CC=CC12. The molecule has 0 aromatic heterocycles. The smallest absolute Gasteiger partial charge is 0.0191 e. The van der Waals surface area contributed by atoms with Crippen LogP contribution in [0.3, 0.4) is 0 Å². The molecule has 0 bridgehead atoms. The molecule has 1 heteroatoms. The molecule has 0 nitrogen and oxygen atoms in total. The molecule has 1 aromatic carbocycles. The van der Waals surface area contributed by atoms with E-state index in [4.69, 9.17) is 0 Å². The summed E-state index contributed by atoms with van der Waals surface area (Å²) in [6.07, 6.45) is 11.1. The summed E-state index contributed by atoms with van der Waals surface area (Å²) >= 11 is 3.74. The van der Waals surface area contributed by atoms with Gasteiger partial charge in [0.1, 0.15) is 0 Å². The standard InChI is InChI=1S/C14H11Br/c15-14-12-7-3-1-5-10(12)9-11-6-2-4-8-13(11)14/h1-10,12H. The molecular weight excluding hydrogens is 248 g/mol. The van der Waals surface area contributed by atoms with Crippen LogP contribution in [0.15, 0.2) is 48.6 Å². The maximum Gasteiger partial charge on any atom is 0.0191 e. The Bertz CT molecular complexity index is 563. The molecule has 0 spiro atoms. The second-order valence-corrected chi connectivity index (χ2v) is 4.83. The Labute approximate surface area is 97.4 Å². The maximum atomic E-state index is 3.74. The van der Waals surface area contributed by atoms with Gasteiger partial charge in [0.05, 0.1) is 0 Å². The summed E-state index contributed by atoms with van der Waals surface area (Å²) in [5.41, 5.74) is 0. The predicted octanol–water partition coefficient (Wildman–Crippen LogP) is 2.34. The van der Waals surface area contributed by atoms with Gasteiger partial charge in [0.15, 0.2) is 0 Å². The summed E-state index contributed by atoms with van der Waals surface area (Å²) in [5, 5.41) is 2.67. The average molecular weight is 259 g/mol. The van der Waals surface area contributed by atoms with Crippen molar-refractivity contribution in [2.24, 2.45) is 11.8 Å². The van der Waals surface area contributed by atoms with Gasteiger partial charge in [0.25, 0.3) is 0 Å². The van der Waals surface area contributed by atoms with Crippen LogP contribution in [0.1, 0.15) is 0 Å². The van der Waals surface area contributed by atoms with Crippen molar-refractivity contribution >= 4 is 26.5 Å². The van der Waals surface area contributed by atoms with Crippen LogP contribution in [0.2, 0.25) is 0 Å². The Morgan fingerprint density at radius 1 is 1.00 bits per heavy atom. The van der Waals surface area contributed by atoms with Crippen LogP contribution in [0.25, 0.3) is 10.6 Å². The van der Waals surface area contributed by atoms with E-state index in [9.17, 15) is 0 Å². The molecule has 15 heavy (non-hydrogen) atoms. The molecule has 0 fully saturated rings. The van der Waals surface area contributed by atoms with Crippen molar-refractivity contribution in [1.29, 1.82) is 0 Å². The van der Waals surface area contributed by atoms with Crippen LogP contribution in [0.5, 0.6) is 0 Å². The lowest BCUT2D eigenvalue weighted by atomic mass is 9.84. The molecule has 2 aliphatic carbocycles. The summed E-state index contributed by atoms with van der Waals surface area (Å²) < 4.78 is 1.31. The summed E-state index contributed by atoms with van der Waals surface area (Å²) in [4.78, 5) is 0. The van der Waals surface area contributed by atoms with Crippen LogP contribution in [-0.4, -0.2) is 0 Å². The number of hydrogen-bond acceptors (Lipinski definition) is 0. The van der Waals surface area contributed by atoms with Gasteiger partial charge >= 0.3 is 0 Å². The lowest BCUT2D eigenvalue weighted by molar-refractivity contribution is 0.719. The average Bonchev–Trinajstić information content (AvgIpc) is 2.30. The number of hydrogen-bond donors (Lipinski definition) is 0. The molecule has 74 valence electrons. The zero-order chi connectivity index (χ0) is 10.3. The fourth-order valence-electron chi connectivity index (χ4n) is 2.28. The first-order valence-corrected chi connectivity index (χ1v) is 5.97.